The van der Waals surface area contributed by atoms with E-state index in [-0.39, 0.29) is 6.09 Å². The molecule has 1 heterocycles. The lowest BCUT2D eigenvalue weighted by atomic mass is 10.0. The van der Waals surface area contributed by atoms with E-state index in [1.807, 2.05) is 43.3 Å². The minimum Gasteiger partial charge on any atom is -0.410 e. The highest BCUT2D eigenvalue weighted by molar-refractivity contribution is 5.71. The second kappa shape index (κ2) is 5.37. The normalized spacial score (nSPS) is 13.8. The first kappa shape index (κ1) is 12.7. The summed E-state index contributed by atoms with van der Waals surface area (Å²) in [6.07, 6.45) is 0.613. The van der Waals surface area contributed by atoms with Gasteiger partial charge in [0.25, 0.3) is 0 Å². The molecule has 0 N–H and O–H groups in total. The van der Waals surface area contributed by atoms with E-state index in [1.54, 1.807) is 4.90 Å². The molecule has 2 aromatic rings. The zero-order valence-electron chi connectivity index (χ0n) is 11.5. The van der Waals surface area contributed by atoms with Crippen molar-refractivity contribution in [3.8, 4) is 5.75 Å². The highest BCUT2D eigenvalue weighted by Crippen LogP contribution is 2.20. The molecular weight excluding hydrogens is 250 g/mol. The Kier molecular flexibility index (Phi) is 3.42. The first-order valence-corrected chi connectivity index (χ1v) is 6.82. The summed E-state index contributed by atoms with van der Waals surface area (Å²) in [4.78, 5) is 13.9. The van der Waals surface area contributed by atoms with Crippen LogP contribution in [0.5, 0.6) is 5.75 Å². The van der Waals surface area contributed by atoms with E-state index in [0.717, 1.165) is 12.0 Å². The summed E-state index contributed by atoms with van der Waals surface area (Å²) in [6.45, 7) is 3.34. The van der Waals surface area contributed by atoms with Crippen molar-refractivity contribution < 1.29 is 9.53 Å². The lowest BCUT2D eigenvalue weighted by Gasteiger charge is -2.27. The smallest absolute Gasteiger partial charge is 0.410 e. The molecule has 0 fully saturated rings. The first-order valence-electron chi connectivity index (χ1n) is 6.82. The van der Waals surface area contributed by atoms with Crippen molar-refractivity contribution >= 4 is 6.09 Å². The lowest BCUT2D eigenvalue weighted by molar-refractivity contribution is 0.147. The van der Waals surface area contributed by atoms with Crippen LogP contribution in [0.3, 0.4) is 0 Å². The SMILES string of the molecule is Cc1ccc(OC(=O)N2CCc3ccccc3C2)cc1. The van der Waals surface area contributed by atoms with Crippen LogP contribution in [0, 0.1) is 6.92 Å². The Morgan fingerprint density at radius 3 is 2.50 bits per heavy atom. The van der Waals surface area contributed by atoms with Crippen LogP contribution in [0.25, 0.3) is 0 Å². The number of hydrogen-bond donors (Lipinski definition) is 0. The number of carbonyl (C=O) groups is 1. The molecule has 2 aromatic carbocycles. The molecule has 0 bridgehead atoms. The summed E-state index contributed by atoms with van der Waals surface area (Å²) < 4.78 is 5.41. The van der Waals surface area contributed by atoms with Gasteiger partial charge in [0.15, 0.2) is 0 Å². The van der Waals surface area contributed by atoms with Gasteiger partial charge >= 0.3 is 6.09 Å². The van der Waals surface area contributed by atoms with Crippen LogP contribution in [-0.2, 0) is 13.0 Å². The monoisotopic (exact) mass is 267 g/mol. The summed E-state index contributed by atoms with van der Waals surface area (Å²) in [6, 6.07) is 15.8. The standard InChI is InChI=1S/C17H17NO2/c1-13-6-8-16(9-7-13)20-17(19)18-11-10-14-4-2-3-5-15(14)12-18/h2-9H,10-12H2,1H3. The third-order valence-electron chi connectivity index (χ3n) is 3.61. The summed E-state index contributed by atoms with van der Waals surface area (Å²) in [5.41, 5.74) is 3.68. The molecule has 0 aliphatic carbocycles. The predicted octanol–water partition coefficient (Wildman–Crippen LogP) is 3.55. The number of hydrogen-bond acceptors (Lipinski definition) is 2. The van der Waals surface area contributed by atoms with Gasteiger partial charge in [-0.1, -0.05) is 42.0 Å². The van der Waals surface area contributed by atoms with E-state index in [2.05, 4.69) is 12.1 Å². The average molecular weight is 267 g/mol. The number of rotatable bonds is 1. The van der Waals surface area contributed by atoms with Crippen LogP contribution in [0.15, 0.2) is 48.5 Å². The molecule has 0 aromatic heterocycles. The number of nitrogens with zero attached hydrogens (tertiary/aromatic N) is 1. The Morgan fingerprint density at radius 1 is 1.05 bits per heavy atom. The van der Waals surface area contributed by atoms with Crippen molar-refractivity contribution in [2.75, 3.05) is 6.54 Å². The summed E-state index contributed by atoms with van der Waals surface area (Å²) in [5.74, 6) is 0.597. The van der Waals surface area contributed by atoms with Gasteiger partial charge in [0.05, 0.1) is 0 Å². The van der Waals surface area contributed by atoms with Crippen LogP contribution < -0.4 is 4.74 Å². The van der Waals surface area contributed by atoms with Crippen LogP contribution in [0.4, 0.5) is 4.79 Å². The van der Waals surface area contributed by atoms with Crippen LogP contribution in [-0.4, -0.2) is 17.5 Å². The molecule has 0 saturated carbocycles. The predicted molar refractivity (Wildman–Crippen MR) is 77.8 cm³/mol. The van der Waals surface area contributed by atoms with E-state index >= 15 is 0 Å². The Morgan fingerprint density at radius 2 is 1.75 bits per heavy atom. The summed E-state index contributed by atoms with van der Waals surface area (Å²) in [5, 5.41) is 0. The average Bonchev–Trinajstić information content (AvgIpc) is 2.49. The molecule has 1 aliphatic rings. The van der Waals surface area contributed by atoms with Crippen molar-refractivity contribution in [1.29, 1.82) is 0 Å². The highest BCUT2D eigenvalue weighted by atomic mass is 16.6. The molecule has 0 spiro atoms. The maximum absolute atomic E-state index is 12.2. The van der Waals surface area contributed by atoms with Gasteiger partial charge in [0.2, 0.25) is 0 Å². The lowest BCUT2D eigenvalue weighted by Crippen LogP contribution is -2.37. The van der Waals surface area contributed by atoms with Gasteiger partial charge in [-0.3, -0.25) is 0 Å². The van der Waals surface area contributed by atoms with E-state index in [4.69, 9.17) is 4.74 Å². The quantitative estimate of drug-likeness (QED) is 0.790. The summed E-state index contributed by atoms with van der Waals surface area (Å²) in [7, 11) is 0. The molecule has 3 nitrogen and oxygen atoms in total. The molecule has 102 valence electrons. The van der Waals surface area contributed by atoms with Gasteiger partial charge in [0.1, 0.15) is 5.75 Å². The van der Waals surface area contributed by atoms with Crippen LogP contribution in [0.1, 0.15) is 16.7 Å². The Balaban J connectivity index is 1.68. The van der Waals surface area contributed by atoms with Gasteiger partial charge in [-0.2, -0.15) is 0 Å². The molecular formula is C17H17NO2. The maximum atomic E-state index is 12.2. The van der Waals surface area contributed by atoms with Crippen molar-refractivity contribution in [3.05, 3.63) is 65.2 Å². The maximum Gasteiger partial charge on any atom is 0.415 e. The van der Waals surface area contributed by atoms with Crippen LogP contribution in [0.2, 0.25) is 0 Å². The number of carbonyl (C=O) groups excluding carboxylic acids is 1. The molecule has 0 atom stereocenters. The molecule has 0 unspecified atom stereocenters. The minimum absolute atomic E-state index is 0.275. The molecule has 3 rings (SSSR count). The van der Waals surface area contributed by atoms with E-state index in [1.165, 1.54) is 11.1 Å². The molecule has 20 heavy (non-hydrogen) atoms. The van der Waals surface area contributed by atoms with Gasteiger partial charge in [-0.15, -0.1) is 0 Å². The topological polar surface area (TPSA) is 29.5 Å². The van der Waals surface area contributed by atoms with Gasteiger partial charge in [-0.05, 0) is 36.6 Å². The largest absolute Gasteiger partial charge is 0.415 e. The fraction of sp³-hybridized carbons (Fsp3) is 0.235. The number of amides is 1. The molecule has 1 aliphatic heterocycles. The fourth-order valence-corrected chi connectivity index (χ4v) is 2.42. The van der Waals surface area contributed by atoms with Crippen LogP contribution >= 0.6 is 0 Å². The number of benzene rings is 2. The fourth-order valence-electron chi connectivity index (χ4n) is 2.42. The number of fused-ring (bicyclic) bond motifs is 1. The van der Waals surface area contributed by atoms with Crippen molar-refractivity contribution in [3.63, 3.8) is 0 Å². The second-order valence-corrected chi connectivity index (χ2v) is 5.12. The molecule has 3 heteroatoms. The van der Waals surface area contributed by atoms with Gasteiger partial charge < -0.3 is 9.64 Å². The Labute approximate surface area is 118 Å². The van der Waals surface area contributed by atoms with E-state index in [0.29, 0.717) is 18.8 Å². The van der Waals surface area contributed by atoms with Gasteiger partial charge in [0, 0.05) is 13.1 Å². The molecule has 0 saturated heterocycles. The Hall–Kier alpha value is -2.29. The minimum atomic E-state index is -0.275. The Bertz CT molecular complexity index is 619. The third kappa shape index (κ3) is 2.67. The number of aryl methyl sites for hydroxylation is 1. The first-order chi connectivity index (χ1) is 9.72. The van der Waals surface area contributed by atoms with E-state index < -0.39 is 0 Å². The zero-order chi connectivity index (χ0) is 13.9. The third-order valence-corrected chi connectivity index (χ3v) is 3.61. The van der Waals surface area contributed by atoms with Gasteiger partial charge in [-0.25, -0.2) is 4.79 Å². The van der Waals surface area contributed by atoms with E-state index in [9.17, 15) is 4.79 Å². The van der Waals surface area contributed by atoms with Crippen molar-refractivity contribution in [2.24, 2.45) is 0 Å². The zero-order valence-corrected chi connectivity index (χ0v) is 11.5. The second-order valence-electron chi connectivity index (χ2n) is 5.12. The van der Waals surface area contributed by atoms with Crippen molar-refractivity contribution in [2.45, 2.75) is 19.9 Å². The highest BCUT2D eigenvalue weighted by Gasteiger charge is 2.21. The number of ether oxygens (including phenoxy) is 1. The molecule has 0 radical (unpaired) electrons. The molecule has 1 amide bonds. The summed E-state index contributed by atoms with van der Waals surface area (Å²) >= 11 is 0. The van der Waals surface area contributed by atoms with Crippen molar-refractivity contribution in [1.82, 2.24) is 4.90 Å².